The van der Waals surface area contributed by atoms with E-state index in [9.17, 15) is 14.9 Å². The van der Waals surface area contributed by atoms with Crippen LogP contribution in [0.3, 0.4) is 0 Å². The van der Waals surface area contributed by atoms with Crippen LogP contribution in [0.4, 0.5) is 11.9 Å². The second-order valence-electron chi connectivity index (χ2n) is 4.13. The topological polar surface area (TPSA) is 124 Å². The first kappa shape index (κ1) is 13.5. The minimum absolute atomic E-state index is 0.136. The number of anilines is 1. The molecule has 1 aromatic carbocycles. The van der Waals surface area contributed by atoms with Crippen LogP contribution in [0.1, 0.15) is 10.6 Å². The molecule has 0 fully saturated rings. The fourth-order valence-electron chi connectivity index (χ4n) is 1.68. The van der Waals surface area contributed by atoms with Crippen LogP contribution in [0.5, 0.6) is 0 Å². The van der Waals surface area contributed by atoms with Gasteiger partial charge < -0.3 is 8.83 Å². The molecule has 2 heterocycles. The average molecular weight is 300 g/mol. The smallest absolute Gasteiger partial charge is 0.403 e. The number of carbonyl (C=O) groups is 1. The number of carbonyl (C=O) groups excluding carboxylic acids is 1. The van der Waals surface area contributed by atoms with Crippen LogP contribution in [0.15, 0.2) is 51.3 Å². The van der Waals surface area contributed by atoms with Gasteiger partial charge in [-0.15, -0.1) is 5.10 Å². The van der Waals surface area contributed by atoms with E-state index in [0.717, 1.165) is 6.07 Å². The van der Waals surface area contributed by atoms with Crippen molar-refractivity contribution in [3.8, 4) is 11.5 Å². The van der Waals surface area contributed by atoms with Crippen LogP contribution in [0.2, 0.25) is 0 Å². The van der Waals surface area contributed by atoms with Crippen molar-refractivity contribution in [2.45, 2.75) is 0 Å². The van der Waals surface area contributed by atoms with E-state index in [-0.39, 0.29) is 17.7 Å². The van der Waals surface area contributed by atoms with Crippen molar-refractivity contribution in [2.24, 2.45) is 0 Å². The SMILES string of the molecule is O=C(Nc1nnc(-c2ccccc2)o1)c1ccc([N+](=O)[O-])o1. The molecule has 0 spiro atoms. The van der Waals surface area contributed by atoms with Gasteiger partial charge in [0.15, 0.2) is 5.76 Å². The van der Waals surface area contributed by atoms with Gasteiger partial charge in [0.2, 0.25) is 5.89 Å². The molecule has 9 heteroatoms. The second-order valence-corrected chi connectivity index (χ2v) is 4.13. The highest BCUT2D eigenvalue weighted by Crippen LogP contribution is 2.20. The maximum Gasteiger partial charge on any atom is 0.433 e. The number of nitrogens with zero attached hydrogens (tertiary/aromatic N) is 3. The van der Waals surface area contributed by atoms with Gasteiger partial charge in [0.25, 0.3) is 5.91 Å². The summed E-state index contributed by atoms with van der Waals surface area (Å²) in [7, 11) is 0. The Morgan fingerprint density at radius 3 is 2.55 bits per heavy atom. The Balaban J connectivity index is 1.74. The number of rotatable bonds is 4. The van der Waals surface area contributed by atoms with Crippen LogP contribution in [0.25, 0.3) is 11.5 Å². The first-order valence-electron chi connectivity index (χ1n) is 6.08. The van der Waals surface area contributed by atoms with Gasteiger partial charge in [-0.25, -0.2) is 0 Å². The molecule has 110 valence electrons. The number of hydrogen-bond acceptors (Lipinski definition) is 7. The Morgan fingerprint density at radius 1 is 1.09 bits per heavy atom. The maximum absolute atomic E-state index is 11.8. The minimum Gasteiger partial charge on any atom is -0.403 e. The van der Waals surface area contributed by atoms with Gasteiger partial charge in [0, 0.05) is 5.56 Å². The van der Waals surface area contributed by atoms with Crippen LogP contribution in [0, 0.1) is 10.1 Å². The highest BCUT2D eigenvalue weighted by molar-refractivity contribution is 6.01. The molecule has 0 atom stereocenters. The zero-order valence-corrected chi connectivity index (χ0v) is 10.9. The second kappa shape index (κ2) is 5.48. The van der Waals surface area contributed by atoms with E-state index in [1.807, 2.05) is 6.07 Å². The predicted octanol–water partition coefficient (Wildman–Crippen LogP) is 2.49. The Labute approximate surface area is 122 Å². The third-order valence-corrected chi connectivity index (χ3v) is 2.66. The van der Waals surface area contributed by atoms with Gasteiger partial charge in [0.1, 0.15) is 4.92 Å². The normalized spacial score (nSPS) is 10.4. The predicted molar refractivity (Wildman–Crippen MR) is 73.0 cm³/mol. The van der Waals surface area contributed by atoms with E-state index in [2.05, 4.69) is 15.5 Å². The van der Waals surface area contributed by atoms with Crippen LogP contribution < -0.4 is 5.32 Å². The molecule has 1 N–H and O–H groups in total. The molecule has 9 nitrogen and oxygen atoms in total. The third kappa shape index (κ3) is 2.68. The zero-order chi connectivity index (χ0) is 15.5. The highest BCUT2D eigenvalue weighted by atomic mass is 16.6. The van der Waals surface area contributed by atoms with E-state index >= 15 is 0 Å². The van der Waals surface area contributed by atoms with Crippen LogP contribution >= 0.6 is 0 Å². The van der Waals surface area contributed by atoms with Gasteiger partial charge in [0.05, 0.1) is 6.07 Å². The lowest BCUT2D eigenvalue weighted by Crippen LogP contribution is -2.11. The Bertz CT molecular complexity index is 824. The largest absolute Gasteiger partial charge is 0.433 e. The number of hydrogen-bond donors (Lipinski definition) is 1. The van der Waals surface area contributed by atoms with Crippen molar-refractivity contribution in [3.05, 3.63) is 58.3 Å². The molecule has 0 aliphatic rings. The van der Waals surface area contributed by atoms with Crippen LogP contribution in [-0.2, 0) is 0 Å². The van der Waals surface area contributed by atoms with Gasteiger partial charge >= 0.3 is 11.9 Å². The fraction of sp³-hybridized carbons (Fsp3) is 0. The van der Waals surface area contributed by atoms with E-state index < -0.39 is 16.7 Å². The molecule has 0 radical (unpaired) electrons. The molecule has 3 aromatic rings. The highest BCUT2D eigenvalue weighted by Gasteiger charge is 2.19. The molecular weight excluding hydrogens is 292 g/mol. The van der Waals surface area contributed by atoms with Crippen molar-refractivity contribution >= 4 is 17.8 Å². The van der Waals surface area contributed by atoms with Crippen molar-refractivity contribution < 1.29 is 18.6 Å². The van der Waals surface area contributed by atoms with Gasteiger partial charge in [-0.1, -0.05) is 23.3 Å². The summed E-state index contributed by atoms with van der Waals surface area (Å²) in [5, 5.41) is 20.3. The van der Waals surface area contributed by atoms with Crippen molar-refractivity contribution in [1.29, 1.82) is 0 Å². The first-order valence-corrected chi connectivity index (χ1v) is 6.08. The molecule has 0 saturated carbocycles. The summed E-state index contributed by atoms with van der Waals surface area (Å²) in [6.45, 7) is 0. The fourth-order valence-corrected chi connectivity index (χ4v) is 1.68. The summed E-state index contributed by atoms with van der Waals surface area (Å²) in [5.74, 6) is -1.25. The Morgan fingerprint density at radius 2 is 1.86 bits per heavy atom. The van der Waals surface area contributed by atoms with E-state index in [0.29, 0.717) is 5.56 Å². The van der Waals surface area contributed by atoms with Gasteiger partial charge in [-0.05, 0) is 18.2 Å². The van der Waals surface area contributed by atoms with E-state index in [4.69, 9.17) is 8.83 Å². The average Bonchev–Trinajstić information content (AvgIpc) is 3.17. The summed E-state index contributed by atoms with van der Waals surface area (Å²) in [6, 6.07) is 11.1. The Hall–Kier alpha value is -3.49. The van der Waals surface area contributed by atoms with Crippen molar-refractivity contribution in [1.82, 2.24) is 10.2 Å². The van der Waals surface area contributed by atoms with E-state index in [1.165, 1.54) is 6.07 Å². The maximum atomic E-state index is 11.8. The number of benzene rings is 1. The molecule has 0 unspecified atom stereocenters. The Kier molecular flexibility index (Phi) is 3.36. The van der Waals surface area contributed by atoms with Crippen molar-refractivity contribution in [2.75, 3.05) is 5.32 Å². The monoisotopic (exact) mass is 300 g/mol. The summed E-state index contributed by atoms with van der Waals surface area (Å²) >= 11 is 0. The molecule has 0 bridgehead atoms. The quantitative estimate of drug-likeness (QED) is 0.579. The number of amides is 1. The summed E-state index contributed by atoms with van der Waals surface area (Å²) in [6.07, 6.45) is 0. The molecule has 0 aliphatic heterocycles. The van der Waals surface area contributed by atoms with Crippen LogP contribution in [-0.4, -0.2) is 21.0 Å². The molecule has 0 aliphatic carbocycles. The van der Waals surface area contributed by atoms with Gasteiger partial charge in [-0.2, -0.15) is 0 Å². The number of furan rings is 1. The molecular formula is C13H8N4O5. The molecule has 2 aromatic heterocycles. The molecule has 0 saturated heterocycles. The third-order valence-electron chi connectivity index (χ3n) is 2.66. The molecule has 22 heavy (non-hydrogen) atoms. The lowest BCUT2D eigenvalue weighted by molar-refractivity contribution is -0.402. The summed E-state index contributed by atoms with van der Waals surface area (Å²) in [4.78, 5) is 21.6. The summed E-state index contributed by atoms with van der Waals surface area (Å²) in [5.41, 5.74) is 0.698. The minimum atomic E-state index is -0.739. The summed E-state index contributed by atoms with van der Waals surface area (Å²) < 4.78 is 10.1. The lowest BCUT2D eigenvalue weighted by Gasteiger charge is -1.95. The lowest BCUT2D eigenvalue weighted by atomic mass is 10.2. The molecule has 3 rings (SSSR count). The number of nitrogens with one attached hydrogen (secondary N) is 1. The number of aromatic nitrogens is 2. The van der Waals surface area contributed by atoms with E-state index in [1.54, 1.807) is 24.3 Å². The van der Waals surface area contributed by atoms with Gasteiger partial charge in [-0.3, -0.25) is 20.2 Å². The standard InChI is InChI=1S/C13H8N4O5/c18-11(9-6-7-10(21-9)17(19)20)14-13-16-15-12(22-13)8-4-2-1-3-5-8/h1-7H,(H,14,16,18). The first-order chi connectivity index (χ1) is 10.6. The zero-order valence-electron chi connectivity index (χ0n) is 10.9. The molecule has 1 amide bonds. The number of nitro groups is 1. The van der Waals surface area contributed by atoms with Crippen molar-refractivity contribution in [3.63, 3.8) is 0 Å².